The number of ether oxygens (including phenoxy) is 1. The van der Waals surface area contributed by atoms with Crippen molar-refractivity contribution in [2.45, 2.75) is 40.2 Å². The lowest BCUT2D eigenvalue weighted by Crippen LogP contribution is -2.16. The van der Waals surface area contributed by atoms with E-state index in [0.29, 0.717) is 0 Å². The molecule has 0 radical (unpaired) electrons. The summed E-state index contributed by atoms with van der Waals surface area (Å²) in [7, 11) is 0. The molecule has 1 rings (SSSR count). The molecule has 0 aliphatic carbocycles. The van der Waals surface area contributed by atoms with Crippen molar-refractivity contribution in [1.29, 1.82) is 0 Å². The molecule has 1 aromatic rings. The Kier molecular flexibility index (Phi) is 4.69. The Morgan fingerprint density at radius 1 is 1.38 bits per heavy atom. The van der Waals surface area contributed by atoms with Crippen LogP contribution in [0.2, 0.25) is 0 Å². The van der Waals surface area contributed by atoms with E-state index in [9.17, 15) is 4.79 Å². The number of hydrogen-bond donors (Lipinski definition) is 0. The van der Waals surface area contributed by atoms with E-state index in [1.165, 1.54) is 0 Å². The van der Waals surface area contributed by atoms with Gasteiger partial charge in [-0.1, -0.05) is 24.6 Å². The molecule has 2 heteroatoms. The molecule has 1 aromatic carbocycles. The molecule has 0 heterocycles. The van der Waals surface area contributed by atoms with E-state index >= 15 is 0 Å². The third-order valence-corrected chi connectivity index (χ3v) is 2.77. The van der Waals surface area contributed by atoms with E-state index in [0.717, 1.165) is 23.1 Å². The van der Waals surface area contributed by atoms with Crippen LogP contribution in [0.5, 0.6) is 0 Å². The van der Waals surface area contributed by atoms with Crippen molar-refractivity contribution >= 4 is 5.78 Å². The van der Waals surface area contributed by atoms with Crippen molar-refractivity contribution in [2.75, 3.05) is 6.61 Å². The number of ketones is 1. The summed E-state index contributed by atoms with van der Waals surface area (Å²) >= 11 is 0. The molecule has 0 amide bonds. The molecule has 16 heavy (non-hydrogen) atoms. The Labute approximate surface area is 97.6 Å². The fourth-order valence-corrected chi connectivity index (χ4v) is 1.45. The van der Waals surface area contributed by atoms with Gasteiger partial charge in [0.1, 0.15) is 6.61 Å². The van der Waals surface area contributed by atoms with E-state index < -0.39 is 0 Å². The van der Waals surface area contributed by atoms with Gasteiger partial charge in [-0.05, 0) is 38.8 Å². The second kappa shape index (κ2) is 5.80. The van der Waals surface area contributed by atoms with Crippen LogP contribution in [-0.4, -0.2) is 18.5 Å². The van der Waals surface area contributed by atoms with Crippen LogP contribution in [0.1, 0.15) is 41.8 Å². The molecule has 0 aromatic heterocycles. The summed E-state index contributed by atoms with van der Waals surface area (Å²) in [6.07, 6.45) is 1.08. The molecule has 0 bridgehead atoms. The lowest BCUT2D eigenvalue weighted by atomic mass is 10.0. The van der Waals surface area contributed by atoms with Crippen LogP contribution in [0.25, 0.3) is 0 Å². The highest BCUT2D eigenvalue weighted by molar-refractivity contribution is 5.98. The fraction of sp³-hybridized carbons (Fsp3) is 0.500. The van der Waals surface area contributed by atoms with Crippen molar-refractivity contribution < 1.29 is 9.53 Å². The first-order chi connectivity index (χ1) is 7.54. The maximum absolute atomic E-state index is 11.9. The van der Waals surface area contributed by atoms with Crippen LogP contribution < -0.4 is 0 Å². The standard InChI is InChI=1S/C14H20O2/c1-5-12(4)16-9-14(15)13-8-10(2)6-7-11(13)3/h6-8,12H,5,9H2,1-4H3. The van der Waals surface area contributed by atoms with Gasteiger partial charge in [0.2, 0.25) is 0 Å². The smallest absolute Gasteiger partial charge is 0.188 e. The van der Waals surface area contributed by atoms with Crippen LogP contribution in [0.15, 0.2) is 18.2 Å². The van der Waals surface area contributed by atoms with E-state index in [-0.39, 0.29) is 18.5 Å². The molecule has 0 saturated heterocycles. The summed E-state index contributed by atoms with van der Waals surface area (Å²) in [5, 5.41) is 0. The Morgan fingerprint density at radius 3 is 2.69 bits per heavy atom. The minimum Gasteiger partial charge on any atom is -0.370 e. The highest BCUT2D eigenvalue weighted by atomic mass is 16.5. The first-order valence-corrected chi connectivity index (χ1v) is 5.76. The van der Waals surface area contributed by atoms with Gasteiger partial charge in [-0.2, -0.15) is 0 Å². The number of aryl methyl sites for hydroxylation is 2. The zero-order valence-electron chi connectivity index (χ0n) is 10.5. The van der Waals surface area contributed by atoms with Gasteiger partial charge in [0.15, 0.2) is 5.78 Å². The number of rotatable bonds is 5. The first-order valence-electron chi connectivity index (χ1n) is 5.76. The largest absolute Gasteiger partial charge is 0.370 e. The van der Waals surface area contributed by atoms with Gasteiger partial charge in [-0.15, -0.1) is 0 Å². The number of Topliss-reactive ketones (excluding diaryl/α,β-unsaturated/α-hetero) is 1. The molecule has 0 aliphatic heterocycles. The van der Waals surface area contributed by atoms with Crippen LogP contribution >= 0.6 is 0 Å². The number of hydrogen-bond acceptors (Lipinski definition) is 2. The summed E-state index contributed by atoms with van der Waals surface area (Å²) in [5.41, 5.74) is 2.91. The van der Waals surface area contributed by atoms with Gasteiger partial charge >= 0.3 is 0 Å². The van der Waals surface area contributed by atoms with Crippen molar-refractivity contribution in [3.05, 3.63) is 34.9 Å². The lowest BCUT2D eigenvalue weighted by molar-refractivity contribution is 0.0511. The zero-order valence-corrected chi connectivity index (χ0v) is 10.5. The molecular weight excluding hydrogens is 200 g/mol. The minimum absolute atomic E-state index is 0.0708. The minimum atomic E-state index is 0.0708. The highest BCUT2D eigenvalue weighted by Gasteiger charge is 2.10. The van der Waals surface area contributed by atoms with Crippen LogP contribution in [0.4, 0.5) is 0 Å². The van der Waals surface area contributed by atoms with E-state index in [4.69, 9.17) is 4.74 Å². The first kappa shape index (κ1) is 12.9. The summed E-state index contributed by atoms with van der Waals surface area (Å²) in [4.78, 5) is 11.9. The van der Waals surface area contributed by atoms with Gasteiger partial charge in [-0.25, -0.2) is 0 Å². The molecule has 0 aliphatic rings. The molecule has 0 N–H and O–H groups in total. The maximum Gasteiger partial charge on any atom is 0.188 e. The van der Waals surface area contributed by atoms with Gasteiger partial charge in [-0.3, -0.25) is 4.79 Å². The van der Waals surface area contributed by atoms with E-state index in [2.05, 4.69) is 0 Å². The molecule has 2 nitrogen and oxygen atoms in total. The van der Waals surface area contributed by atoms with Gasteiger partial charge in [0.25, 0.3) is 0 Å². The Bertz CT molecular complexity index is 369. The molecule has 0 saturated carbocycles. The quantitative estimate of drug-likeness (QED) is 0.712. The van der Waals surface area contributed by atoms with E-state index in [1.807, 2.05) is 45.9 Å². The third-order valence-electron chi connectivity index (χ3n) is 2.77. The van der Waals surface area contributed by atoms with E-state index in [1.54, 1.807) is 0 Å². The molecule has 0 spiro atoms. The maximum atomic E-state index is 11.9. The Balaban J connectivity index is 2.69. The second-order valence-electron chi connectivity index (χ2n) is 4.27. The molecule has 1 unspecified atom stereocenters. The van der Waals surface area contributed by atoms with Gasteiger partial charge in [0, 0.05) is 5.56 Å². The summed E-state index contributed by atoms with van der Waals surface area (Å²) in [6, 6.07) is 5.92. The monoisotopic (exact) mass is 220 g/mol. The third kappa shape index (κ3) is 3.46. The molecular formula is C14H20O2. The number of benzene rings is 1. The summed E-state index contributed by atoms with van der Waals surface area (Å²) in [6.45, 7) is 8.16. The number of carbonyl (C=O) groups is 1. The van der Waals surface area contributed by atoms with Gasteiger partial charge < -0.3 is 4.74 Å². The van der Waals surface area contributed by atoms with Gasteiger partial charge in [0.05, 0.1) is 6.10 Å². The van der Waals surface area contributed by atoms with Crippen molar-refractivity contribution in [3.8, 4) is 0 Å². The SMILES string of the molecule is CCC(C)OCC(=O)c1cc(C)ccc1C. The normalized spacial score (nSPS) is 12.5. The topological polar surface area (TPSA) is 26.3 Å². The van der Waals surface area contributed by atoms with Crippen molar-refractivity contribution in [3.63, 3.8) is 0 Å². The number of carbonyl (C=O) groups excluding carboxylic acids is 1. The average Bonchev–Trinajstić information content (AvgIpc) is 2.28. The zero-order chi connectivity index (χ0) is 12.1. The second-order valence-corrected chi connectivity index (χ2v) is 4.27. The van der Waals surface area contributed by atoms with Crippen LogP contribution in [-0.2, 0) is 4.74 Å². The molecule has 88 valence electrons. The summed E-state index contributed by atoms with van der Waals surface area (Å²) in [5.74, 6) is 0.0708. The highest BCUT2D eigenvalue weighted by Crippen LogP contribution is 2.12. The predicted molar refractivity (Wildman–Crippen MR) is 66.0 cm³/mol. The summed E-state index contributed by atoms with van der Waals surface area (Å²) < 4.78 is 5.45. The average molecular weight is 220 g/mol. The van der Waals surface area contributed by atoms with Crippen molar-refractivity contribution in [2.24, 2.45) is 0 Å². The Hall–Kier alpha value is -1.15. The van der Waals surface area contributed by atoms with Crippen molar-refractivity contribution in [1.82, 2.24) is 0 Å². The van der Waals surface area contributed by atoms with Crippen LogP contribution in [0.3, 0.4) is 0 Å². The Morgan fingerprint density at radius 2 is 2.06 bits per heavy atom. The van der Waals surface area contributed by atoms with Crippen LogP contribution in [0, 0.1) is 13.8 Å². The molecule has 0 fully saturated rings. The predicted octanol–water partition coefficient (Wildman–Crippen LogP) is 3.30. The fourth-order valence-electron chi connectivity index (χ4n) is 1.45. The molecule has 1 atom stereocenters. The lowest BCUT2D eigenvalue weighted by Gasteiger charge is -2.11.